The van der Waals surface area contributed by atoms with E-state index < -0.39 is 0 Å². The number of rotatable bonds is 0. The Balaban J connectivity index is 1.55. The highest BCUT2D eigenvalue weighted by Crippen LogP contribution is 2.68. The van der Waals surface area contributed by atoms with Crippen molar-refractivity contribution in [2.75, 3.05) is 0 Å². The van der Waals surface area contributed by atoms with Crippen LogP contribution in [0.15, 0.2) is 11.6 Å². The molecule has 2 nitrogen and oxygen atoms in total. The third-order valence-corrected chi connectivity index (χ3v) is 9.29. The first kappa shape index (κ1) is 16.1. The van der Waals surface area contributed by atoms with Crippen molar-refractivity contribution in [3.8, 4) is 6.07 Å². The molecule has 9 atom stereocenters. The van der Waals surface area contributed by atoms with E-state index in [4.69, 9.17) is 0 Å². The number of carbonyl (C=O) groups is 1. The average molecular weight is 338 g/mol. The lowest BCUT2D eigenvalue weighted by Crippen LogP contribution is -2.56. The van der Waals surface area contributed by atoms with Gasteiger partial charge in [0.25, 0.3) is 0 Å². The fraction of sp³-hybridized carbons (Fsp3) is 0.826. The monoisotopic (exact) mass is 337 g/mol. The maximum absolute atomic E-state index is 11.9. The van der Waals surface area contributed by atoms with Crippen molar-refractivity contribution in [1.82, 2.24) is 0 Å². The predicted molar refractivity (Wildman–Crippen MR) is 97.3 cm³/mol. The third-order valence-electron chi connectivity index (χ3n) is 9.29. The zero-order chi connectivity index (χ0) is 17.3. The molecule has 2 bridgehead atoms. The highest BCUT2D eigenvalue weighted by Gasteiger charge is 2.62. The molecule has 0 N–H and O–H groups in total. The van der Waals surface area contributed by atoms with Gasteiger partial charge in [-0.15, -0.1) is 0 Å². The van der Waals surface area contributed by atoms with Crippen LogP contribution in [-0.4, -0.2) is 5.78 Å². The lowest BCUT2D eigenvalue weighted by Gasteiger charge is -2.61. The van der Waals surface area contributed by atoms with Gasteiger partial charge in [-0.3, -0.25) is 4.79 Å². The molecule has 0 aromatic rings. The van der Waals surface area contributed by atoms with Gasteiger partial charge in [0.15, 0.2) is 5.78 Å². The molecule has 0 amide bonds. The molecule has 134 valence electrons. The second-order valence-corrected chi connectivity index (χ2v) is 10.3. The number of fused-ring (bicyclic) bond motifs is 8. The van der Waals surface area contributed by atoms with E-state index in [2.05, 4.69) is 19.9 Å². The Labute approximate surface area is 152 Å². The first-order valence-corrected chi connectivity index (χ1v) is 10.7. The van der Waals surface area contributed by atoms with E-state index in [1.54, 1.807) is 0 Å². The number of nitriles is 1. The predicted octanol–water partition coefficient (Wildman–Crippen LogP) is 5.15. The Hall–Kier alpha value is -1.10. The molecule has 5 aliphatic carbocycles. The molecule has 5 aliphatic rings. The molecule has 0 saturated heterocycles. The number of allylic oxidation sites excluding steroid dienone is 2. The lowest BCUT2D eigenvalue weighted by atomic mass is 9.42. The molecule has 0 aromatic carbocycles. The summed E-state index contributed by atoms with van der Waals surface area (Å²) in [6, 6.07) is 2.79. The van der Waals surface area contributed by atoms with E-state index in [9.17, 15) is 10.1 Å². The molecule has 0 heterocycles. The van der Waals surface area contributed by atoms with Crippen LogP contribution in [-0.2, 0) is 4.79 Å². The summed E-state index contributed by atoms with van der Waals surface area (Å²) in [6.07, 6.45) is 11.5. The Morgan fingerprint density at radius 3 is 2.80 bits per heavy atom. The topological polar surface area (TPSA) is 40.9 Å². The number of nitrogens with zero attached hydrogens (tertiary/aromatic N) is 1. The van der Waals surface area contributed by atoms with E-state index in [0.717, 1.165) is 42.9 Å². The van der Waals surface area contributed by atoms with Gasteiger partial charge in [0, 0.05) is 6.42 Å². The van der Waals surface area contributed by atoms with Crippen LogP contribution in [0.25, 0.3) is 0 Å². The number of hydrogen-bond donors (Lipinski definition) is 0. The smallest absolute Gasteiger partial charge is 0.155 e. The molecule has 4 saturated carbocycles. The molecule has 25 heavy (non-hydrogen) atoms. The van der Waals surface area contributed by atoms with Gasteiger partial charge in [-0.25, -0.2) is 0 Å². The van der Waals surface area contributed by atoms with Gasteiger partial charge in [0.1, 0.15) is 0 Å². The van der Waals surface area contributed by atoms with Crippen LogP contribution in [0.3, 0.4) is 0 Å². The van der Waals surface area contributed by atoms with Gasteiger partial charge < -0.3 is 0 Å². The Morgan fingerprint density at radius 1 is 1.20 bits per heavy atom. The molecule has 9 unspecified atom stereocenters. The molecule has 0 aromatic heterocycles. The van der Waals surface area contributed by atoms with Crippen molar-refractivity contribution in [1.29, 1.82) is 5.26 Å². The van der Waals surface area contributed by atoms with Crippen LogP contribution in [0.5, 0.6) is 0 Å². The fourth-order valence-electron chi connectivity index (χ4n) is 8.55. The van der Waals surface area contributed by atoms with Crippen LogP contribution in [0, 0.1) is 64.1 Å². The van der Waals surface area contributed by atoms with Gasteiger partial charge in [-0.1, -0.05) is 19.4 Å². The first-order chi connectivity index (χ1) is 12.0. The minimum atomic E-state index is 0.250. The number of carbonyl (C=O) groups excluding carboxylic acids is 1. The summed E-state index contributed by atoms with van der Waals surface area (Å²) in [4.78, 5) is 11.9. The van der Waals surface area contributed by atoms with E-state index in [0.29, 0.717) is 23.5 Å². The van der Waals surface area contributed by atoms with Crippen molar-refractivity contribution < 1.29 is 4.79 Å². The highest BCUT2D eigenvalue weighted by molar-refractivity contribution is 5.91. The van der Waals surface area contributed by atoms with Crippen LogP contribution in [0.1, 0.15) is 65.2 Å². The molecule has 0 aliphatic heterocycles. The van der Waals surface area contributed by atoms with Gasteiger partial charge in [-0.05, 0) is 97.9 Å². The molecule has 5 rings (SSSR count). The van der Waals surface area contributed by atoms with E-state index in [1.165, 1.54) is 37.7 Å². The first-order valence-electron chi connectivity index (χ1n) is 10.7. The third kappa shape index (κ3) is 2.11. The zero-order valence-corrected chi connectivity index (χ0v) is 15.7. The normalized spacial score (nSPS) is 54.0. The van der Waals surface area contributed by atoms with Crippen molar-refractivity contribution >= 4 is 5.78 Å². The summed E-state index contributed by atoms with van der Waals surface area (Å²) in [6.45, 7) is 4.93. The van der Waals surface area contributed by atoms with Gasteiger partial charge in [-0.2, -0.15) is 5.26 Å². The summed E-state index contributed by atoms with van der Waals surface area (Å²) in [7, 11) is 0. The van der Waals surface area contributed by atoms with E-state index in [-0.39, 0.29) is 11.3 Å². The summed E-state index contributed by atoms with van der Waals surface area (Å²) < 4.78 is 0. The Kier molecular flexibility index (Phi) is 3.51. The second kappa shape index (κ2) is 5.45. The summed E-state index contributed by atoms with van der Waals surface area (Å²) in [5.41, 5.74) is 1.73. The van der Waals surface area contributed by atoms with E-state index in [1.807, 2.05) is 6.08 Å². The van der Waals surface area contributed by atoms with Crippen LogP contribution in [0.4, 0.5) is 0 Å². The highest BCUT2D eigenvalue weighted by atomic mass is 16.1. The van der Waals surface area contributed by atoms with E-state index >= 15 is 0 Å². The summed E-state index contributed by atoms with van der Waals surface area (Å²) >= 11 is 0. The van der Waals surface area contributed by atoms with Crippen molar-refractivity contribution in [3.05, 3.63) is 11.6 Å². The minimum absolute atomic E-state index is 0.250. The van der Waals surface area contributed by atoms with Crippen LogP contribution < -0.4 is 0 Å². The van der Waals surface area contributed by atoms with Crippen molar-refractivity contribution in [2.45, 2.75) is 65.2 Å². The van der Waals surface area contributed by atoms with Crippen LogP contribution >= 0.6 is 0 Å². The standard InChI is InChI=1S/C23H31NO/c1-13-9-16-11-17(25)5-6-18(16)19-7-8-23(2)20(12-24)14-3-4-15(10-14)22(23)21(13)19/h11,13-15,18-22H,3-10H2,1-2H3. The molecular formula is C23H31NO. The zero-order valence-electron chi connectivity index (χ0n) is 15.7. The second-order valence-electron chi connectivity index (χ2n) is 10.3. The Morgan fingerprint density at radius 2 is 2.00 bits per heavy atom. The largest absolute Gasteiger partial charge is 0.295 e. The molecule has 0 spiro atoms. The van der Waals surface area contributed by atoms with Crippen molar-refractivity contribution in [3.63, 3.8) is 0 Å². The molecule has 2 heteroatoms. The van der Waals surface area contributed by atoms with Gasteiger partial charge in [0.05, 0.1) is 12.0 Å². The lowest BCUT2D eigenvalue weighted by molar-refractivity contribution is -0.122. The maximum atomic E-state index is 11.9. The average Bonchev–Trinajstić information content (AvgIpc) is 3.00. The molecule has 4 fully saturated rings. The maximum Gasteiger partial charge on any atom is 0.155 e. The molecule has 0 radical (unpaired) electrons. The number of hydrogen-bond acceptors (Lipinski definition) is 2. The number of ketones is 1. The fourth-order valence-corrected chi connectivity index (χ4v) is 8.55. The SMILES string of the molecule is CC1CC2=CC(=O)CCC2C2CCC3(C)C(C#N)C4CCC(C4)C3C12. The molecular weight excluding hydrogens is 306 g/mol. The van der Waals surface area contributed by atoms with Crippen molar-refractivity contribution in [2.24, 2.45) is 52.8 Å². The summed E-state index contributed by atoms with van der Waals surface area (Å²) in [5.74, 6) is 5.85. The summed E-state index contributed by atoms with van der Waals surface area (Å²) in [5, 5.41) is 10.00. The minimum Gasteiger partial charge on any atom is -0.295 e. The van der Waals surface area contributed by atoms with Gasteiger partial charge >= 0.3 is 0 Å². The van der Waals surface area contributed by atoms with Crippen LogP contribution in [0.2, 0.25) is 0 Å². The quantitative estimate of drug-likeness (QED) is 0.613. The van der Waals surface area contributed by atoms with Gasteiger partial charge in [0.2, 0.25) is 0 Å². The Bertz CT molecular complexity index is 672.